The predicted octanol–water partition coefficient (Wildman–Crippen LogP) is -0.597. The Morgan fingerprint density at radius 2 is 2.15 bits per heavy atom. The minimum atomic E-state index is -1.14. The largest absolute Gasteiger partial charge is 0.481 e. The number of amides is 1. The molecule has 0 radical (unpaired) electrons. The van der Waals surface area contributed by atoms with Crippen molar-refractivity contribution >= 4 is 17.6 Å². The van der Waals surface area contributed by atoms with E-state index in [4.69, 9.17) is 10.8 Å². The van der Waals surface area contributed by atoms with E-state index in [1.165, 1.54) is 11.0 Å². The van der Waals surface area contributed by atoms with Gasteiger partial charge in [0.05, 0.1) is 23.8 Å². The number of tetrazole rings is 1. The van der Waals surface area contributed by atoms with Gasteiger partial charge in [-0.25, -0.2) is 0 Å². The molecule has 9 heteroatoms. The maximum atomic E-state index is 11.8. The maximum absolute atomic E-state index is 11.8. The van der Waals surface area contributed by atoms with Gasteiger partial charge in [0.25, 0.3) is 0 Å². The lowest BCUT2D eigenvalue weighted by atomic mass is 10.2. The number of benzene rings is 1. The number of carboxylic acid groups (broad SMARTS) is 1. The van der Waals surface area contributed by atoms with Crippen molar-refractivity contribution in [2.45, 2.75) is 12.5 Å². The van der Waals surface area contributed by atoms with Crippen molar-refractivity contribution in [2.75, 3.05) is 5.32 Å². The molecular weight excluding hydrogens is 264 g/mol. The first-order valence-electron chi connectivity index (χ1n) is 5.68. The fourth-order valence-corrected chi connectivity index (χ4v) is 1.56. The van der Waals surface area contributed by atoms with E-state index >= 15 is 0 Å². The highest BCUT2D eigenvalue weighted by Gasteiger charge is 2.18. The van der Waals surface area contributed by atoms with Crippen LogP contribution in [0.4, 0.5) is 5.69 Å². The molecule has 1 heterocycles. The molecule has 0 aliphatic heterocycles. The third-order valence-corrected chi connectivity index (χ3v) is 2.49. The summed E-state index contributed by atoms with van der Waals surface area (Å²) in [6, 6.07) is 5.68. The average molecular weight is 276 g/mol. The van der Waals surface area contributed by atoms with Gasteiger partial charge >= 0.3 is 5.97 Å². The van der Waals surface area contributed by atoms with Crippen LogP contribution in [0.5, 0.6) is 0 Å². The van der Waals surface area contributed by atoms with Gasteiger partial charge in [-0.15, -0.1) is 5.10 Å². The van der Waals surface area contributed by atoms with E-state index in [-0.39, 0.29) is 0 Å². The molecule has 0 fully saturated rings. The summed E-state index contributed by atoms with van der Waals surface area (Å²) in [5, 5.41) is 21.9. The van der Waals surface area contributed by atoms with E-state index in [2.05, 4.69) is 20.8 Å². The molecule has 2 aromatic rings. The fraction of sp³-hybridized carbons (Fsp3) is 0.182. The lowest BCUT2D eigenvalue weighted by Crippen LogP contribution is -2.37. The summed E-state index contributed by atoms with van der Waals surface area (Å²) in [6.07, 6.45) is 0.932. The van der Waals surface area contributed by atoms with Crippen molar-refractivity contribution < 1.29 is 14.7 Å². The molecule has 9 nitrogen and oxygen atoms in total. The Bertz CT molecular complexity index is 612. The molecule has 4 N–H and O–H groups in total. The number of carbonyl (C=O) groups excluding carboxylic acids is 1. The van der Waals surface area contributed by atoms with E-state index in [0.717, 1.165) is 0 Å². The Labute approximate surface area is 113 Å². The Kier molecular flexibility index (Phi) is 4.01. The van der Waals surface area contributed by atoms with Crippen molar-refractivity contribution in [3.63, 3.8) is 0 Å². The van der Waals surface area contributed by atoms with E-state index in [0.29, 0.717) is 11.4 Å². The summed E-state index contributed by atoms with van der Waals surface area (Å²) in [5.41, 5.74) is 6.48. The van der Waals surface area contributed by atoms with Crippen molar-refractivity contribution in [1.29, 1.82) is 0 Å². The van der Waals surface area contributed by atoms with Gasteiger partial charge in [-0.2, -0.15) is 4.68 Å². The highest BCUT2D eigenvalue weighted by Crippen LogP contribution is 2.18. The van der Waals surface area contributed by atoms with Crippen molar-refractivity contribution in [3.05, 3.63) is 30.6 Å². The summed E-state index contributed by atoms with van der Waals surface area (Å²) < 4.78 is 1.37. The number of hydrogen-bond acceptors (Lipinski definition) is 6. The van der Waals surface area contributed by atoms with Gasteiger partial charge in [0.2, 0.25) is 5.91 Å². The number of nitrogens with two attached hydrogens (primary N) is 1. The minimum absolute atomic E-state index is 0.436. The smallest absolute Gasteiger partial charge is 0.305 e. The number of nitrogens with zero attached hydrogens (tertiary/aromatic N) is 4. The van der Waals surface area contributed by atoms with Crippen molar-refractivity contribution in [1.82, 2.24) is 20.2 Å². The Morgan fingerprint density at radius 3 is 2.80 bits per heavy atom. The van der Waals surface area contributed by atoms with Gasteiger partial charge in [0.15, 0.2) is 0 Å². The van der Waals surface area contributed by atoms with Crippen LogP contribution in [0.25, 0.3) is 5.69 Å². The van der Waals surface area contributed by atoms with Gasteiger partial charge < -0.3 is 16.2 Å². The second kappa shape index (κ2) is 5.89. The number of rotatable bonds is 5. The van der Waals surface area contributed by atoms with Crippen LogP contribution in [0.15, 0.2) is 30.6 Å². The molecule has 20 heavy (non-hydrogen) atoms. The van der Waals surface area contributed by atoms with Crippen molar-refractivity contribution in [2.24, 2.45) is 5.73 Å². The van der Waals surface area contributed by atoms with Crippen LogP contribution in [0, 0.1) is 0 Å². The van der Waals surface area contributed by atoms with Gasteiger partial charge in [-0.05, 0) is 22.6 Å². The lowest BCUT2D eigenvalue weighted by molar-refractivity contribution is -0.138. The first-order chi connectivity index (χ1) is 9.58. The summed E-state index contributed by atoms with van der Waals surface area (Å²) >= 11 is 0. The Balaban J connectivity index is 2.18. The number of para-hydroxylation sites is 2. The van der Waals surface area contributed by atoms with Crippen molar-refractivity contribution in [3.8, 4) is 5.69 Å². The molecule has 104 valence electrons. The zero-order chi connectivity index (χ0) is 14.5. The van der Waals surface area contributed by atoms with Crippen LogP contribution in [-0.2, 0) is 9.59 Å². The number of nitrogens with one attached hydrogen (secondary N) is 1. The molecule has 1 unspecified atom stereocenters. The zero-order valence-electron chi connectivity index (χ0n) is 10.3. The number of carbonyl (C=O) groups is 2. The number of hydrogen-bond donors (Lipinski definition) is 3. The van der Waals surface area contributed by atoms with E-state index in [9.17, 15) is 9.59 Å². The van der Waals surface area contributed by atoms with Crippen LogP contribution < -0.4 is 11.1 Å². The lowest BCUT2D eigenvalue weighted by Gasteiger charge is -2.13. The quantitative estimate of drug-likeness (QED) is 0.663. The molecule has 0 saturated heterocycles. The molecule has 1 amide bonds. The molecule has 1 atom stereocenters. The monoisotopic (exact) mass is 276 g/mol. The first-order valence-corrected chi connectivity index (χ1v) is 5.68. The molecule has 2 rings (SSSR count). The van der Waals surface area contributed by atoms with Crippen LogP contribution in [0.1, 0.15) is 6.42 Å². The van der Waals surface area contributed by atoms with Gasteiger partial charge in [0.1, 0.15) is 6.33 Å². The van der Waals surface area contributed by atoms with Gasteiger partial charge in [-0.3, -0.25) is 9.59 Å². The second-order valence-corrected chi connectivity index (χ2v) is 3.97. The van der Waals surface area contributed by atoms with E-state index in [1.807, 2.05) is 0 Å². The third-order valence-electron chi connectivity index (χ3n) is 2.49. The number of aromatic nitrogens is 4. The predicted molar refractivity (Wildman–Crippen MR) is 68.0 cm³/mol. The zero-order valence-corrected chi connectivity index (χ0v) is 10.3. The standard InChI is InChI=1S/C11H12N6O3/c12-7(5-10(18)19)11(20)14-8-3-1-2-4-9(8)17-6-13-15-16-17/h1-4,6-7H,5,12H2,(H,14,20)(H,18,19). The Morgan fingerprint density at radius 1 is 1.40 bits per heavy atom. The molecule has 0 spiro atoms. The SMILES string of the molecule is NC(CC(=O)O)C(=O)Nc1ccccc1-n1cnnn1. The van der Waals surface area contributed by atoms with Crippen LogP contribution in [0.2, 0.25) is 0 Å². The Hall–Kier alpha value is -2.81. The summed E-state index contributed by atoms with van der Waals surface area (Å²) in [4.78, 5) is 22.3. The number of carboxylic acids is 1. The molecule has 1 aromatic carbocycles. The number of aliphatic carboxylic acids is 1. The second-order valence-electron chi connectivity index (χ2n) is 3.97. The van der Waals surface area contributed by atoms with Crippen LogP contribution in [0.3, 0.4) is 0 Å². The summed E-state index contributed by atoms with van der Waals surface area (Å²) in [7, 11) is 0. The highest BCUT2D eigenvalue weighted by atomic mass is 16.4. The topological polar surface area (TPSA) is 136 Å². The maximum Gasteiger partial charge on any atom is 0.305 e. The molecule has 0 aliphatic rings. The van der Waals surface area contributed by atoms with Gasteiger partial charge in [0, 0.05) is 0 Å². The van der Waals surface area contributed by atoms with Crippen LogP contribution in [-0.4, -0.2) is 43.2 Å². The molecule has 1 aromatic heterocycles. The molecule has 0 bridgehead atoms. The summed E-state index contributed by atoms with van der Waals surface area (Å²) in [6.45, 7) is 0. The molecule has 0 saturated carbocycles. The summed E-state index contributed by atoms with van der Waals surface area (Å²) in [5.74, 6) is -1.73. The normalized spacial score (nSPS) is 11.8. The molecule has 0 aliphatic carbocycles. The number of anilines is 1. The van der Waals surface area contributed by atoms with Gasteiger partial charge in [-0.1, -0.05) is 12.1 Å². The average Bonchev–Trinajstić information content (AvgIpc) is 2.92. The van der Waals surface area contributed by atoms with E-state index < -0.39 is 24.3 Å². The molecular formula is C11H12N6O3. The minimum Gasteiger partial charge on any atom is -0.481 e. The van der Waals surface area contributed by atoms with E-state index in [1.54, 1.807) is 24.3 Å². The van der Waals surface area contributed by atoms with Crippen LogP contribution >= 0.6 is 0 Å². The fourth-order valence-electron chi connectivity index (χ4n) is 1.56. The highest BCUT2D eigenvalue weighted by molar-refractivity contribution is 5.98. The third kappa shape index (κ3) is 3.14. The first kappa shape index (κ1) is 13.6.